The van der Waals surface area contributed by atoms with Gasteiger partial charge in [0.15, 0.2) is 0 Å². The molecule has 0 saturated carbocycles. The second-order valence-electron chi connectivity index (χ2n) is 6.25. The first-order valence-electron chi connectivity index (χ1n) is 7.49. The number of nitrogens with two attached hydrogens (primary N) is 1. The maximum Gasteiger partial charge on any atom is 0.224 e. The Morgan fingerprint density at radius 3 is 2.57 bits per heavy atom. The second kappa shape index (κ2) is 8.80. The molecule has 4 heteroatoms. The van der Waals surface area contributed by atoms with E-state index in [9.17, 15) is 4.79 Å². The Kier molecular flexibility index (Phi) is 7.40. The third-order valence-electron chi connectivity index (χ3n) is 3.70. The van der Waals surface area contributed by atoms with Crippen LogP contribution in [0.2, 0.25) is 0 Å². The number of carbonyl (C=O) groups excluding carboxylic acids is 1. The third-order valence-corrected chi connectivity index (χ3v) is 3.70. The lowest BCUT2D eigenvalue weighted by atomic mass is 9.89. The zero-order chi connectivity index (χ0) is 15.7. The van der Waals surface area contributed by atoms with E-state index in [0.717, 1.165) is 12.0 Å². The van der Waals surface area contributed by atoms with Crippen LogP contribution in [0.5, 0.6) is 0 Å². The molecule has 1 aromatic carbocycles. The van der Waals surface area contributed by atoms with Crippen LogP contribution in [0.15, 0.2) is 30.3 Å². The fourth-order valence-electron chi connectivity index (χ4n) is 2.12. The summed E-state index contributed by atoms with van der Waals surface area (Å²) in [5, 5.41) is 3.03. The van der Waals surface area contributed by atoms with Gasteiger partial charge in [-0.05, 0) is 23.8 Å². The first kappa shape index (κ1) is 17.7. The summed E-state index contributed by atoms with van der Waals surface area (Å²) in [6, 6.07) is 9.99. The molecule has 0 aliphatic heterocycles. The summed E-state index contributed by atoms with van der Waals surface area (Å²) in [4.78, 5) is 12.3. The quantitative estimate of drug-likeness (QED) is 0.731. The number of rotatable bonds is 9. The Hall–Kier alpha value is -1.39. The summed E-state index contributed by atoms with van der Waals surface area (Å²) in [5.41, 5.74) is 6.93. The molecule has 1 aromatic rings. The lowest BCUT2D eigenvalue weighted by molar-refractivity contribution is -0.125. The Balaban J connectivity index is 2.48. The van der Waals surface area contributed by atoms with Crippen molar-refractivity contribution in [1.29, 1.82) is 0 Å². The number of hydrogen-bond acceptors (Lipinski definition) is 3. The molecular formula is C17H28N2O2. The van der Waals surface area contributed by atoms with Gasteiger partial charge in [-0.3, -0.25) is 4.79 Å². The number of carbonyl (C=O) groups is 1. The van der Waals surface area contributed by atoms with Crippen LogP contribution in [-0.4, -0.2) is 32.7 Å². The predicted octanol–water partition coefficient (Wildman–Crippen LogP) is 1.98. The molecule has 3 N–H and O–H groups in total. The molecule has 0 heterocycles. The maximum absolute atomic E-state index is 12.3. The largest absolute Gasteiger partial charge is 0.385 e. The van der Waals surface area contributed by atoms with E-state index in [-0.39, 0.29) is 17.2 Å². The van der Waals surface area contributed by atoms with Crippen LogP contribution < -0.4 is 11.1 Å². The minimum atomic E-state index is -0.175. The van der Waals surface area contributed by atoms with Gasteiger partial charge in [-0.15, -0.1) is 0 Å². The highest BCUT2D eigenvalue weighted by atomic mass is 16.5. The van der Waals surface area contributed by atoms with E-state index >= 15 is 0 Å². The fourth-order valence-corrected chi connectivity index (χ4v) is 2.12. The number of amides is 1. The minimum Gasteiger partial charge on any atom is -0.385 e. The van der Waals surface area contributed by atoms with E-state index < -0.39 is 0 Å². The Morgan fingerprint density at radius 1 is 1.33 bits per heavy atom. The van der Waals surface area contributed by atoms with Crippen molar-refractivity contribution in [2.45, 2.75) is 26.7 Å². The van der Waals surface area contributed by atoms with Gasteiger partial charge in [-0.1, -0.05) is 44.2 Å². The molecule has 1 amide bonds. The first-order valence-corrected chi connectivity index (χ1v) is 7.49. The Labute approximate surface area is 128 Å². The fraction of sp³-hybridized carbons (Fsp3) is 0.588. The van der Waals surface area contributed by atoms with Crippen molar-refractivity contribution in [2.75, 3.05) is 26.8 Å². The van der Waals surface area contributed by atoms with Crippen LogP contribution in [0, 0.1) is 11.3 Å². The highest BCUT2D eigenvalue weighted by molar-refractivity contribution is 5.79. The van der Waals surface area contributed by atoms with E-state index in [2.05, 4.69) is 19.2 Å². The van der Waals surface area contributed by atoms with Crippen LogP contribution in [0.1, 0.15) is 25.8 Å². The summed E-state index contributed by atoms with van der Waals surface area (Å²) in [5.74, 6) is -0.141. The highest BCUT2D eigenvalue weighted by Gasteiger charge is 2.22. The minimum absolute atomic E-state index is 0.0254. The molecule has 4 nitrogen and oxygen atoms in total. The van der Waals surface area contributed by atoms with Gasteiger partial charge in [-0.2, -0.15) is 0 Å². The van der Waals surface area contributed by atoms with Crippen LogP contribution in [0.4, 0.5) is 0 Å². The SMILES string of the molecule is COCCC(C)(C)CNC(=O)C(CN)Cc1ccccc1. The molecule has 118 valence electrons. The molecule has 0 aliphatic carbocycles. The van der Waals surface area contributed by atoms with Crippen molar-refractivity contribution in [3.8, 4) is 0 Å². The molecule has 0 bridgehead atoms. The lowest BCUT2D eigenvalue weighted by Crippen LogP contribution is -2.41. The average molecular weight is 292 g/mol. The zero-order valence-electron chi connectivity index (χ0n) is 13.4. The van der Waals surface area contributed by atoms with Gasteiger partial charge < -0.3 is 15.8 Å². The van der Waals surface area contributed by atoms with Crippen LogP contribution in [-0.2, 0) is 16.0 Å². The third kappa shape index (κ3) is 6.74. The van der Waals surface area contributed by atoms with Gasteiger partial charge in [0.05, 0.1) is 5.92 Å². The molecular weight excluding hydrogens is 264 g/mol. The maximum atomic E-state index is 12.3. The van der Waals surface area contributed by atoms with Crippen molar-refractivity contribution in [3.05, 3.63) is 35.9 Å². The summed E-state index contributed by atoms with van der Waals surface area (Å²) < 4.78 is 5.10. The molecule has 1 rings (SSSR count). The molecule has 0 aromatic heterocycles. The van der Waals surface area contributed by atoms with Gasteiger partial charge in [0.1, 0.15) is 0 Å². The molecule has 0 spiro atoms. The smallest absolute Gasteiger partial charge is 0.224 e. The normalized spacial score (nSPS) is 13.0. The van der Waals surface area contributed by atoms with E-state index in [1.165, 1.54) is 0 Å². The topological polar surface area (TPSA) is 64.3 Å². The van der Waals surface area contributed by atoms with Crippen molar-refractivity contribution >= 4 is 5.91 Å². The van der Waals surface area contributed by atoms with Crippen LogP contribution in [0.25, 0.3) is 0 Å². The number of hydrogen-bond donors (Lipinski definition) is 2. The highest BCUT2D eigenvalue weighted by Crippen LogP contribution is 2.19. The van der Waals surface area contributed by atoms with Crippen molar-refractivity contribution in [1.82, 2.24) is 5.32 Å². The first-order chi connectivity index (χ1) is 9.98. The number of methoxy groups -OCH3 is 1. The summed E-state index contributed by atoms with van der Waals surface area (Å²) in [6.45, 7) is 5.95. The van der Waals surface area contributed by atoms with Gasteiger partial charge in [0.25, 0.3) is 0 Å². The Morgan fingerprint density at radius 2 is 2.00 bits per heavy atom. The van der Waals surface area contributed by atoms with E-state index in [1.54, 1.807) is 7.11 Å². The van der Waals surface area contributed by atoms with Gasteiger partial charge in [0.2, 0.25) is 5.91 Å². The van der Waals surface area contributed by atoms with Crippen LogP contribution in [0.3, 0.4) is 0 Å². The van der Waals surface area contributed by atoms with Crippen molar-refractivity contribution in [3.63, 3.8) is 0 Å². The van der Waals surface area contributed by atoms with E-state index in [4.69, 9.17) is 10.5 Å². The number of nitrogens with one attached hydrogen (secondary N) is 1. The van der Waals surface area contributed by atoms with Crippen LogP contribution >= 0.6 is 0 Å². The van der Waals surface area contributed by atoms with E-state index in [0.29, 0.717) is 26.1 Å². The summed E-state index contributed by atoms with van der Waals surface area (Å²) in [6.07, 6.45) is 1.59. The van der Waals surface area contributed by atoms with Crippen molar-refractivity contribution in [2.24, 2.45) is 17.1 Å². The number of benzene rings is 1. The van der Waals surface area contributed by atoms with Gasteiger partial charge in [0, 0.05) is 26.8 Å². The molecule has 1 unspecified atom stereocenters. The molecule has 21 heavy (non-hydrogen) atoms. The monoisotopic (exact) mass is 292 g/mol. The van der Waals surface area contributed by atoms with Gasteiger partial charge >= 0.3 is 0 Å². The predicted molar refractivity (Wildman–Crippen MR) is 86.0 cm³/mol. The Bertz CT molecular complexity index is 418. The number of ether oxygens (including phenoxy) is 1. The molecule has 0 saturated heterocycles. The standard InChI is InChI=1S/C17H28N2O2/c1-17(2,9-10-21-3)13-19-16(20)15(12-18)11-14-7-5-4-6-8-14/h4-8,15H,9-13,18H2,1-3H3,(H,19,20). The average Bonchev–Trinajstić information content (AvgIpc) is 2.49. The molecule has 0 aliphatic rings. The summed E-state index contributed by atoms with van der Waals surface area (Å²) >= 11 is 0. The van der Waals surface area contributed by atoms with E-state index in [1.807, 2.05) is 30.3 Å². The molecule has 1 atom stereocenters. The van der Waals surface area contributed by atoms with Gasteiger partial charge in [-0.25, -0.2) is 0 Å². The molecule has 0 fully saturated rings. The zero-order valence-corrected chi connectivity index (χ0v) is 13.4. The molecule has 0 radical (unpaired) electrons. The lowest BCUT2D eigenvalue weighted by Gasteiger charge is -2.26. The van der Waals surface area contributed by atoms with Crippen molar-refractivity contribution < 1.29 is 9.53 Å². The summed E-state index contributed by atoms with van der Waals surface area (Å²) in [7, 11) is 1.69. The second-order valence-corrected chi connectivity index (χ2v) is 6.25.